The van der Waals surface area contributed by atoms with E-state index in [0.29, 0.717) is 12.1 Å². The van der Waals surface area contributed by atoms with Crippen molar-refractivity contribution in [1.29, 1.82) is 0 Å². The van der Waals surface area contributed by atoms with Gasteiger partial charge in [0.15, 0.2) is 0 Å². The van der Waals surface area contributed by atoms with Crippen LogP contribution in [0.25, 0.3) is 11.1 Å². The second kappa shape index (κ2) is 11.5. The van der Waals surface area contributed by atoms with Crippen LogP contribution in [0.5, 0.6) is 5.75 Å². The molecule has 14 heteroatoms. The van der Waals surface area contributed by atoms with E-state index >= 15 is 4.39 Å². The lowest BCUT2D eigenvalue weighted by atomic mass is 9.88. The van der Waals surface area contributed by atoms with Gasteiger partial charge in [-0.05, 0) is 71.9 Å². The maximum atomic E-state index is 15.3. The molecule has 44 heavy (non-hydrogen) atoms. The van der Waals surface area contributed by atoms with Gasteiger partial charge in [0.05, 0.1) is 41.8 Å². The molecule has 4 rings (SSSR count). The molecular weight excluding hydrogens is 612 g/mol. The van der Waals surface area contributed by atoms with Crippen LogP contribution in [0.2, 0.25) is 0 Å². The summed E-state index contributed by atoms with van der Waals surface area (Å²) in [6, 6.07) is -2.03. The van der Waals surface area contributed by atoms with E-state index < -0.39 is 106 Å². The van der Waals surface area contributed by atoms with Crippen molar-refractivity contribution in [3.63, 3.8) is 0 Å². The van der Waals surface area contributed by atoms with Crippen LogP contribution in [0.3, 0.4) is 0 Å². The van der Waals surface area contributed by atoms with Crippen LogP contribution in [-0.2, 0) is 29.8 Å². The minimum absolute atomic E-state index is 0.0903. The smallest absolute Gasteiger partial charge is 0.416 e. The van der Waals surface area contributed by atoms with Gasteiger partial charge in [-0.25, -0.2) is 9.18 Å². The Bertz CT molecular complexity index is 1830. The lowest BCUT2D eigenvalue weighted by molar-refractivity contribution is -0.143. The highest BCUT2D eigenvalue weighted by molar-refractivity contribution is 5.79. The molecule has 3 aromatic carbocycles. The van der Waals surface area contributed by atoms with E-state index in [1.54, 1.807) is 0 Å². The summed E-state index contributed by atoms with van der Waals surface area (Å²) in [6.07, 6.45) is -22.9. The zero-order valence-electron chi connectivity index (χ0n) is 29.6. The molecular formula is C30H25F10NO3. The van der Waals surface area contributed by atoms with Crippen LogP contribution in [-0.4, -0.2) is 24.1 Å². The van der Waals surface area contributed by atoms with E-state index in [1.807, 2.05) is 0 Å². The Morgan fingerprint density at radius 2 is 1.52 bits per heavy atom. The minimum atomic E-state index is -5.58. The molecule has 1 heterocycles. The SMILES string of the molecule is [2H]C([2H])(c1cc(C(F)(F)F)ccc1-c1c(OC)ccc(F)c1C(C)C)N1C(=O)O[C@]([2H])(c2cc(C(F)(F)F)cc(C(F)(F)F)c2)[C@]1([2H])C([2H])([2H])[2H]. The van der Waals surface area contributed by atoms with Gasteiger partial charge in [-0.15, -0.1) is 0 Å². The number of benzene rings is 3. The number of amides is 1. The van der Waals surface area contributed by atoms with Gasteiger partial charge in [0.25, 0.3) is 0 Å². The Kier molecular flexibility index (Phi) is 6.37. The summed E-state index contributed by atoms with van der Waals surface area (Å²) in [4.78, 5) is 12.8. The molecule has 1 aliphatic heterocycles. The molecule has 0 unspecified atom stereocenters. The molecule has 0 bridgehead atoms. The average Bonchev–Trinajstić information content (AvgIpc) is 3.21. The summed E-state index contributed by atoms with van der Waals surface area (Å²) < 4.78 is 210. The Balaban J connectivity index is 2.14. The minimum Gasteiger partial charge on any atom is -0.496 e. The molecule has 0 radical (unpaired) electrons. The molecule has 0 aliphatic carbocycles. The van der Waals surface area contributed by atoms with Crippen molar-refractivity contribution in [1.82, 2.24) is 4.90 Å². The number of methoxy groups -OCH3 is 1. The lowest BCUT2D eigenvalue weighted by Crippen LogP contribution is -2.32. The number of hydrogen-bond acceptors (Lipinski definition) is 3. The van der Waals surface area contributed by atoms with Crippen molar-refractivity contribution >= 4 is 6.09 Å². The van der Waals surface area contributed by atoms with Crippen LogP contribution < -0.4 is 4.74 Å². The van der Waals surface area contributed by atoms with Crippen LogP contribution in [0.1, 0.15) is 75.7 Å². The van der Waals surface area contributed by atoms with Gasteiger partial charge in [0, 0.05) is 15.2 Å². The van der Waals surface area contributed by atoms with E-state index in [1.165, 1.54) is 13.8 Å². The number of nitrogens with zero attached hydrogens (tertiary/aromatic N) is 1. The van der Waals surface area contributed by atoms with E-state index in [-0.39, 0.29) is 35.1 Å². The Morgan fingerprint density at radius 3 is 2.02 bits per heavy atom. The predicted octanol–water partition coefficient (Wildman–Crippen LogP) is 9.76. The van der Waals surface area contributed by atoms with Gasteiger partial charge in [-0.2, -0.15) is 39.5 Å². The first-order chi connectivity index (χ1) is 22.9. The highest BCUT2D eigenvalue weighted by Crippen LogP contribution is 2.45. The summed E-state index contributed by atoms with van der Waals surface area (Å²) in [6.45, 7) is -5.39. The fourth-order valence-electron chi connectivity index (χ4n) is 4.50. The summed E-state index contributed by atoms with van der Waals surface area (Å²) in [5.41, 5.74) is -10.1. The highest BCUT2D eigenvalue weighted by atomic mass is 19.4. The number of hydrogen-bond donors (Lipinski definition) is 0. The lowest BCUT2D eigenvalue weighted by Gasteiger charge is -2.25. The Morgan fingerprint density at radius 1 is 0.932 bits per heavy atom. The molecule has 1 amide bonds. The average molecular weight is 645 g/mol. The predicted molar refractivity (Wildman–Crippen MR) is 138 cm³/mol. The molecule has 3 aromatic rings. The Hall–Kier alpha value is -3.97. The van der Waals surface area contributed by atoms with Crippen molar-refractivity contribution in [2.75, 3.05) is 7.11 Å². The van der Waals surface area contributed by atoms with Gasteiger partial charge in [0.1, 0.15) is 17.6 Å². The molecule has 238 valence electrons. The standard InChI is InChI=1S/C30H25F10NO3/c1-14(2)24-22(31)7-8-23(43-4)25(24)21-6-5-18(28(32,33)34)11-17(21)13-41-15(3)26(44-27(41)42)16-9-19(29(35,36)37)12-20(10-16)30(38,39)40/h5-12,14-15,26H,13H2,1-4H3/t15-,26-/m0/s1/i3D3,13D2,15D,26D. The van der Waals surface area contributed by atoms with Crippen LogP contribution in [0.15, 0.2) is 48.5 Å². The number of carbonyl (C=O) groups is 1. The van der Waals surface area contributed by atoms with E-state index in [2.05, 4.69) is 0 Å². The van der Waals surface area contributed by atoms with Gasteiger partial charge in [-0.1, -0.05) is 19.9 Å². The third-order valence-corrected chi connectivity index (χ3v) is 6.46. The number of carbonyl (C=O) groups excluding carboxylic acids is 1. The van der Waals surface area contributed by atoms with E-state index in [4.69, 9.17) is 19.1 Å². The van der Waals surface area contributed by atoms with Gasteiger partial charge < -0.3 is 9.47 Å². The fraction of sp³-hybridized carbons (Fsp3) is 0.367. The summed E-state index contributed by atoms with van der Waals surface area (Å²) in [5.74, 6) is -2.01. The van der Waals surface area contributed by atoms with Gasteiger partial charge >= 0.3 is 24.6 Å². The van der Waals surface area contributed by atoms with Crippen LogP contribution >= 0.6 is 0 Å². The third kappa shape index (κ3) is 6.43. The van der Waals surface area contributed by atoms with Crippen molar-refractivity contribution in [3.8, 4) is 16.9 Å². The number of cyclic esters (lactones) is 1. The highest BCUT2D eigenvalue weighted by Gasteiger charge is 2.44. The molecule has 2 atom stereocenters. The quantitative estimate of drug-likeness (QED) is 0.251. The normalized spacial score (nSPS) is 24.1. The summed E-state index contributed by atoms with van der Waals surface area (Å²) in [5, 5.41) is 0. The largest absolute Gasteiger partial charge is 0.496 e. The number of rotatable bonds is 6. The summed E-state index contributed by atoms with van der Waals surface area (Å²) >= 11 is 0. The van der Waals surface area contributed by atoms with Crippen molar-refractivity contribution < 1.29 is 67.8 Å². The van der Waals surface area contributed by atoms with Crippen LogP contribution in [0, 0.1) is 5.82 Å². The molecule has 0 N–H and O–H groups in total. The van der Waals surface area contributed by atoms with Crippen molar-refractivity contribution in [3.05, 3.63) is 87.7 Å². The molecule has 0 aromatic heterocycles. The zero-order chi connectivity index (χ0) is 39.1. The first kappa shape index (κ1) is 24.4. The van der Waals surface area contributed by atoms with Gasteiger partial charge in [0.2, 0.25) is 0 Å². The molecule has 1 aliphatic rings. The van der Waals surface area contributed by atoms with Crippen LogP contribution in [0.4, 0.5) is 48.7 Å². The molecule has 4 nitrogen and oxygen atoms in total. The molecule has 1 fully saturated rings. The number of ether oxygens (including phenoxy) is 2. The second-order valence-corrected chi connectivity index (χ2v) is 9.74. The number of alkyl halides is 9. The monoisotopic (exact) mass is 644 g/mol. The fourth-order valence-corrected chi connectivity index (χ4v) is 4.50. The first-order valence-electron chi connectivity index (χ1n) is 15.9. The third-order valence-electron chi connectivity index (χ3n) is 6.46. The first-order valence-corrected chi connectivity index (χ1v) is 12.4. The second-order valence-electron chi connectivity index (χ2n) is 9.74. The molecule has 1 saturated heterocycles. The topological polar surface area (TPSA) is 38.8 Å². The molecule has 0 saturated carbocycles. The van der Waals surface area contributed by atoms with Crippen molar-refractivity contribution in [2.24, 2.45) is 0 Å². The Labute approximate surface area is 255 Å². The summed E-state index contributed by atoms with van der Waals surface area (Å²) in [7, 11) is 1.07. The van der Waals surface area contributed by atoms with Gasteiger partial charge in [-0.3, -0.25) is 4.90 Å². The zero-order valence-corrected chi connectivity index (χ0v) is 22.6. The van der Waals surface area contributed by atoms with E-state index in [9.17, 15) is 44.3 Å². The number of halogens is 10. The maximum Gasteiger partial charge on any atom is 0.416 e. The maximum absolute atomic E-state index is 15.3. The molecule has 0 spiro atoms. The van der Waals surface area contributed by atoms with Crippen molar-refractivity contribution in [2.45, 2.75) is 63.7 Å². The van der Waals surface area contributed by atoms with E-state index in [0.717, 1.165) is 19.2 Å².